The highest BCUT2D eigenvalue weighted by atomic mass is 31.0. The molecular weight excluding hydrogens is 88.6 g/mol. The Hall–Kier alpha value is 0.560. The van der Waals surface area contributed by atoms with Crippen molar-refractivity contribution >= 4 is 24.0 Å². The maximum atomic E-state index is 2.78. The first-order valence-electron chi connectivity index (χ1n) is 2.54. The third kappa shape index (κ3) is 0.789. The number of hydrogen-bond donors (Lipinski definition) is 0. The molecule has 0 saturated heterocycles. The molecule has 0 heterocycles. The second-order valence-corrected chi connectivity index (χ2v) is 2.68. The molecule has 0 spiro atoms. The van der Waals surface area contributed by atoms with Gasteiger partial charge in [-0.15, -0.1) is 0 Å². The van der Waals surface area contributed by atoms with Gasteiger partial charge < -0.3 is 0 Å². The molecule has 0 aliphatic heterocycles. The smallest absolute Gasteiger partial charge is 0.147 e. The largest absolute Gasteiger partial charge is 0.174 e. The van der Waals surface area contributed by atoms with E-state index in [1.54, 1.807) is 0 Å². The van der Waals surface area contributed by atoms with Crippen LogP contribution in [0.25, 0.3) is 0 Å². The monoisotopic (exact) mass is 98.1 g/mol. The predicted octanol–water partition coefficient (Wildman–Crippen LogP) is -0.173. The summed E-state index contributed by atoms with van der Waals surface area (Å²) >= 11 is 0. The molecule has 0 N–H and O–H groups in total. The first kappa shape index (κ1) is 4.71. The third-order valence-corrected chi connectivity index (χ3v) is 2.18. The summed E-state index contributed by atoms with van der Waals surface area (Å²) in [5.41, 5.74) is 0. The molecule has 1 rings (SSSR count). The molecule has 0 aromatic rings. The van der Waals surface area contributed by atoms with Crippen molar-refractivity contribution in [2.45, 2.75) is 18.1 Å². The van der Waals surface area contributed by atoms with Crippen molar-refractivity contribution < 1.29 is 0 Å². The van der Waals surface area contributed by atoms with E-state index in [1.165, 1.54) is 13.4 Å². The van der Waals surface area contributed by atoms with Gasteiger partial charge in [-0.2, -0.15) is 9.12 Å². The van der Waals surface area contributed by atoms with Crippen LogP contribution in [0.2, 0.25) is 11.6 Å². The Balaban J connectivity index is 2.09. The first-order chi connectivity index (χ1) is 2.84. The molecule has 3 atom stereocenters. The summed E-state index contributed by atoms with van der Waals surface area (Å²) in [6, 6.07) is 0. The van der Waals surface area contributed by atoms with E-state index in [4.69, 9.17) is 0 Å². The summed E-state index contributed by atoms with van der Waals surface area (Å²) in [4.78, 5) is 0. The normalized spacial score (nSPS) is 42.2. The van der Waals surface area contributed by atoms with E-state index in [0.717, 1.165) is 11.6 Å². The lowest BCUT2D eigenvalue weighted by Gasteiger charge is -1.75. The Labute approximate surface area is 42.9 Å². The van der Waals surface area contributed by atoms with E-state index in [2.05, 4.69) is 17.0 Å². The van der Waals surface area contributed by atoms with Crippen LogP contribution >= 0.6 is 9.12 Å². The molecule has 3 unspecified atom stereocenters. The summed E-state index contributed by atoms with van der Waals surface area (Å²) in [5.74, 6) is 2.11. The fourth-order valence-corrected chi connectivity index (χ4v) is 1.38. The minimum Gasteiger partial charge on any atom is -0.174 e. The Kier molecular flexibility index (Phi) is 1.24. The lowest BCUT2D eigenvalue weighted by Crippen LogP contribution is -1.71. The Morgan fingerprint density at radius 1 is 1.83 bits per heavy atom. The topological polar surface area (TPSA) is 0 Å². The first-order valence-corrected chi connectivity index (χ1v) is 3.36. The molecule has 32 valence electrons. The van der Waals surface area contributed by atoms with Gasteiger partial charge in [0.05, 0.1) is 0 Å². The molecule has 0 nitrogen and oxygen atoms in total. The van der Waals surface area contributed by atoms with Gasteiger partial charge >= 0.3 is 0 Å². The van der Waals surface area contributed by atoms with Gasteiger partial charge in [-0.1, -0.05) is 18.1 Å². The molecule has 6 heavy (non-hydrogen) atoms. The zero-order valence-electron chi connectivity index (χ0n) is 4.15. The summed E-state index contributed by atoms with van der Waals surface area (Å²) in [5, 5.41) is 0. The fraction of sp³-hybridized carbons (Fsp3) is 1.00. The maximum Gasteiger partial charge on any atom is 0.147 e. The quantitative estimate of drug-likeness (QED) is 0.315. The maximum absolute atomic E-state index is 2.78. The van der Waals surface area contributed by atoms with Crippen LogP contribution < -0.4 is 0 Å². The molecule has 3 heteroatoms. The van der Waals surface area contributed by atoms with Crippen LogP contribution in [0, 0.1) is 0 Å². The van der Waals surface area contributed by atoms with Crippen molar-refractivity contribution in [3.63, 3.8) is 0 Å². The van der Waals surface area contributed by atoms with Crippen molar-refractivity contribution in [1.82, 2.24) is 0 Å². The second-order valence-electron chi connectivity index (χ2n) is 2.21. The average molecular weight is 97.7 g/mol. The fourth-order valence-electron chi connectivity index (χ4n) is 0.728. The zero-order valence-corrected chi connectivity index (χ0v) is 5.30. The minimum absolute atomic E-state index is 1.04. The molecule has 1 aliphatic rings. The standard InChI is InChI=1S/C3H9B2P/c4-2-1-3(2)5-6/h2-3,5H,1,4,6H2. The molecule has 0 amide bonds. The van der Waals surface area contributed by atoms with Crippen LogP contribution in [0.3, 0.4) is 0 Å². The Bertz CT molecular complexity index is 54.8. The van der Waals surface area contributed by atoms with Gasteiger partial charge in [-0.25, -0.2) is 0 Å². The zero-order chi connectivity index (χ0) is 4.57. The lowest BCUT2D eigenvalue weighted by atomic mass is 9.89. The summed E-state index contributed by atoms with van der Waals surface area (Å²) in [7, 11) is 5.09. The summed E-state index contributed by atoms with van der Waals surface area (Å²) in [6.07, 6.45) is 1.48. The van der Waals surface area contributed by atoms with E-state index < -0.39 is 0 Å². The van der Waals surface area contributed by atoms with E-state index in [-0.39, 0.29) is 0 Å². The van der Waals surface area contributed by atoms with Crippen molar-refractivity contribution in [2.24, 2.45) is 0 Å². The van der Waals surface area contributed by atoms with Crippen LogP contribution in [0.15, 0.2) is 0 Å². The van der Waals surface area contributed by atoms with E-state index >= 15 is 0 Å². The SMILES string of the molecule is BC1CC1BP. The van der Waals surface area contributed by atoms with Gasteiger partial charge in [0.15, 0.2) is 0 Å². The molecule has 0 bridgehead atoms. The summed E-state index contributed by atoms with van der Waals surface area (Å²) < 4.78 is 0. The van der Waals surface area contributed by atoms with Crippen LogP contribution in [-0.4, -0.2) is 14.8 Å². The molecule has 1 aliphatic carbocycles. The number of hydrogen-bond acceptors (Lipinski definition) is 0. The molecular formula is C3H9B2P. The van der Waals surface area contributed by atoms with E-state index in [1.807, 2.05) is 0 Å². The molecule has 1 fully saturated rings. The van der Waals surface area contributed by atoms with Crippen LogP contribution in [0.4, 0.5) is 0 Å². The van der Waals surface area contributed by atoms with Crippen molar-refractivity contribution in [3.8, 4) is 0 Å². The second kappa shape index (κ2) is 1.58. The highest BCUT2D eigenvalue weighted by Gasteiger charge is 2.30. The van der Waals surface area contributed by atoms with E-state index in [0.29, 0.717) is 0 Å². The molecule has 0 aromatic heterocycles. The summed E-state index contributed by atoms with van der Waals surface area (Å²) in [6.45, 7) is 1.32. The van der Waals surface area contributed by atoms with Gasteiger partial charge in [-0.05, 0) is 0 Å². The van der Waals surface area contributed by atoms with Crippen LogP contribution in [0.1, 0.15) is 6.42 Å². The van der Waals surface area contributed by atoms with Gasteiger partial charge in [0, 0.05) is 0 Å². The average Bonchev–Trinajstić information content (AvgIpc) is 2.19. The van der Waals surface area contributed by atoms with Crippen LogP contribution in [-0.2, 0) is 0 Å². The van der Waals surface area contributed by atoms with Gasteiger partial charge in [-0.3, -0.25) is 0 Å². The minimum atomic E-state index is 1.04. The van der Waals surface area contributed by atoms with Gasteiger partial charge in [0.1, 0.15) is 14.8 Å². The van der Waals surface area contributed by atoms with Crippen molar-refractivity contribution in [1.29, 1.82) is 0 Å². The van der Waals surface area contributed by atoms with E-state index in [9.17, 15) is 0 Å². The molecule has 0 aromatic carbocycles. The lowest BCUT2D eigenvalue weighted by molar-refractivity contribution is 1.46. The Morgan fingerprint density at radius 2 is 2.33 bits per heavy atom. The van der Waals surface area contributed by atoms with Crippen molar-refractivity contribution in [2.75, 3.05) is 0 Å². The molecule has 1 saturated carbocycles. The van der Waals surface area contributed by atoms with Crippen LogP contribution in [0.5, 0.6) is 0 Å². The molecule has 0 radical (unpaired) electrons. The van der Waals surface area contributed by atoms with Gasteiger partial charge in [0.25, 0.3) is 0 Å². The van der Waals surface area contributed by atoms with Gasteiger partial charge in [0.2, 0.25) is 0 Å². The third-order valence-electron chi connectivity index (χ3n) is 1.58. The highest BCUT2D eigenvalue weighted by molar-refractivity contribution is 7.56. The van der Waals surface area contributed by atoms with Crippen molar-refractivity contribution in [3.05, 3.63) is 0 Å². The predicted molar refractivity (Wildman–Crippen MR) is 37.5 cm³/mol. The highest BCUT2D eigenvalue weighted by Crippen LogP contribution is 2.47. The Morgan fingerprint density at radius 3 is 2.33 bits per heavy atom. The number of rotatable bonds is 1.